The minimum atomic E-state index is -1.20. The third-order valence-corrected chi connectivity index (χ3v) is 2.90. The van der Waals surface area contributed by atoms with E-state index in [-0.39, 0.29) is 21.6 Å². The van der Waals surface area contributed by atoms with Crippen molar-refractivity contribution < 1.29 is 23.0 Å². The molecule has 0 saturated heterocycles. The number of hydrogen-bond donors (Lipinski definition) is 1. The van der Waals surface area contributed by atoms with Gasteiger partial charge < -0.3 is 15.2 Å². The highest BCUT2D eigenvalue weighted by Gasteiger charge is 2.19. The number of anilines is 1. The van der Waals surface area contributed by atoms with Crippen LogP contribution in [-0.2, 0) is 4.74 Å². The van der Waals surface area contributed by atoms with Gasteiger partial charge in [0.1, 0.15) is 5.56 Å². The van der Waals surface area contributed by atoms with Crippen molar-refractivity contribution in [2.24, 2.45) is 0 Å². The van der Waals surface area contributed by atoms with Crippen LogP contribution in [0.3, 0.4) is 0 Å². The van der Waals surface area contributed by atoms with Crippen molar-refractivity contribution >= 4 is 27.6 Å². The van der Waals surface area contributed by atoms with E-state index in [1.54, 1.807) is 0 Å². The maximum Gasteiger partial charge on any atom is 0.343 e. The first kappa shape index (κ1) is 15.2. The van der Waals surface area contributed by atoms with Crippen LogP contribution >= 0.6 is 15.9 Å². The molecule has 2 N–H and O–H groups in total. The Morgan fingerprint density at radius 2 is 2.05 bits per heavy atom. The summed E-state index contributed by atoms with van der Waals surface area (Å²) in [6.07, 6.45) is 1.22. The molecule has 8 heteroatoms. The van der Waals surface area contributed by atoms with E-state index in [1.165, 1.54) is 18.3 Å². The normalized spacial score (nSPS) is 10.3. The lowest BCUT2D eigenvalue weighted by atomic mass is 10.2. The molecule has 0 radical (unpaired) electrons. The topological polar surface area (TPSA) is 74.4 Å². The van der Waals surface area contributed by atoms with Gasteiger partial charge in [0.25, 0.3) is 0 Å². The molecule has 1 aromatic heterocycles. The van der Waals surface area contributed by atoms with E-state index in [0.29, 0.717) is 0 Å². The van der Waals surface area contributed by atoms with Crippen LogP contribution in [0, 0.1) is 11.6 Å². The first-order valence-electron chi connectivity index (χ1n) is 5.58. The van der Waals surface area contributed by atoms with E-state index in [4.69, 9.17) is 10.5 Å². The molecular formula is C13H9BrF2N2O3. The number of nitrogen functional groups attached to an aromatic ring is 1. The summed E-state index contributed by atoms with van der Waals surface area (Å²) >= 11 is 3.01. The molecule has 0 aliphatic carbocycles. The van der Waals surface area contributed by atoms with Crippen molar-refractivity contribution in [2.45, 2.75) is 0 Å². The highest BCUT2D eigenvalue weighted by Crippen LogP contribution is 2.31. The van der Waals surface area contributed by atoms with E-state index < -0.39 is 23.4 Å². The molecule has 2 rings (SSSR count). The van der Waals surface area contributed by atoms with Crippen LogP contribution in [0.2, 0.25) is 0 Å². The predicted molar refractivity (Wildman–Crippen MR) is 74.1 cm³/mol. The second-order valence-electron chi connectivity index (χ2n) is 3.91. The van der Waals surface area contributed by atoms with E-state index in [9.17, 15) is 13.6 Å². The van der Waals surface area contributed by atoms with Crippen LogP contribution < -0.4 is 10.5 Å². The standard InChI is InChI=1S/C13H9BrF2N2O3/c1-20-13(19)8-4-7(17)5-18-12(8)21-10-3-6(14)2-9(15)11(10)16/h2-5H,17H2,1H3. The van der Waals surface area contributed by atoms with E-state index in [0.717, 1.165) is 13.2 Å². The zero-order valence-electron chi connectivity index (χ0n) is 10.7. The first-order chi connectivity index (χ1) is 9.92. The van der Waals surface area contributed by atoms with Gasteiger partial charge in [-0.05, 0) is 18.2 Å². The number of aromatic nitrogens is 1. The van der Waals surface area contributed by atoms with Crippen LogP contribution in [-0.4, -0.2) is 18.1 Å². The number of hydrogen-bond acceptors (Lipinski definition) is 5. The summed E-state index contributed by atoms with van der Waals surface area (Å²) in [7, 11) is 1.16. The van der Waals surface area contributed by atoms with Gasteiger partial charge in [-0.25, -0.2) is 14.2 Å². The van der Waals surface area contributed by atoms with E-state index in [2.05, 4.69) is 25.7 Å². The lowest BCUT2D eigenvalue weighted by molar-refractivity contribution is 0.0597. The number of pyridine rings is 1. The average molecular weight is 359 g/mol. The van der Waals surface area contributed by atoms with Gasteiger partial charge in [-0.15, -0.1) is 0 Å². The number of ether oxygens (including phenoxy) is 2. The van der Waals surface area contributed by atoms with Crippen LogP contribution in [0.4, 0.5) is 14.5 Å². The molecule has 2 aromatic rings. The smallest absolute Gasteiger partial charge is 0.343 e. The number of carbonyl (C=O) groups is 1. The van der Waals surface area contributed by atoms with E-state index >= 15 is 0 Å². The van der Waals surface area contributed by atoms with Crippen molar-refractivity contribution in [3.8, 4) is 11.6 Å². The summed E-state index contributed by atoms with van der Waals surface area (Å²) in [5.74, 6) is -3.74. The number of esters is 1. The number of rotatable bonds is 3. The fourth-order valence-electron chi connectivity index (χ4n) is 1.52. The molecule has 0 amide bonds. The molecule has 0 aliphatic rings. The van der Waals surface area contributed by atoms with Crippen molar-refractivity contribution in [2.75, 3.05) is 12.8 Å². The van der Waals surface area contributed by atoms with Crippen molar-refractivity contribution in [3.63, 3.8) is 0 Å². The van der Waals surface area contributed by atoms with Crippen LogP contribution in [0.15, 0.2) is 28.9 Å². The third-order valence-electron chi connectivity index (χ3n) is 2.44. The highest BCUT2D eigenvalue weighted by molar-refractivity contribution is 9.10. The number of benzene rings is 1. The molecule has 0 bridgehead atoms. The van der Waals surface area contributed by atoms with E-state index in [1.807, 2.05) is 0 Å². The van der Waals surface area contributed by atoms with Crippen molar-refractivity contribution in [3.05, 3.63) is 46.1 Å². The van der Waals surface area contributed by atoms with Gasteiger partial charge in [-0.2, -0.15) is 4.39 Å². The molecule has 110 valence electrons. The lowest BCUT2D eigenvalue weighted by Crippen LogP contribution is -2.07. The van der Waals surface area contributed by atoms with Gasteiger partial charge in [-0.1, -0.05) is 15.9 Å². The monoisotopic (exact) mass is 358 g/mol. The van der Waals surface area contributed by atoms with Gasteiger partial charge in [0.2, 0.25) is 11.7 Å². The highest BCUT2D eigenvalue weighted by atomic mass is 79.9. The second kappa shape index (κ2) is 6.04. The summed E-state index contributed by atoms with van der Waals surface area (Å²) in [5, 5.41) is 0. The Morgan fingerprint density at radius 1 is 1.33 bits per heavy atom. The van der Waals surface area contributed by atoms with Crippen LogP contribution in [0.25, 0.3) is 0 Å². The summed E-state index contributed by atoms with van der Waals surface area (Å²) in [6.45, 7) is 0. The molecule has 5 nitrogen and oxygen atoms in total. The number of halogens is 3. The zero-order chi connectivity index (χ0) is 15.6. The molecule has 0 fully saturated rings. The molecule has 1 heterocycles. The SMILES string of the molecule is COC(=O)c1cc(N)cnc1Oc1cc(Br)cc(F)c1F. The summed E-state index contributed by atoms with van der Waals surface area (Å²) in [6, 6.07) is 3.41. The van der Waals surface area contributed by atoms with Gasteiger partial charge in [0.15, 0.2) is 11.6 Å². The number of nitrogens with two attached hydrogens (primary N) is 1. The molecule has 0 unspecified atom stereocenters. The average Bonchev–Trinajstić information content (AvgIpc) is 2.45. The molecule has 1 aromatic carbocycles. The predicted octanol–water partition coefficient (Wildman–Crippen LogP) is 3.28. The van der Waals surface area contributed by atoms with Crippen LogP contribution in [0.1, 0.15) is 10.4 Å². The zero-order valence-corrected chi connectivity index (χ0v) is 12.3. The summed E-state index contributed by atoms with van der Waals surface area (Å²) in [5.41, 5.74) is 5.62. The summed E-state index contributed by atoms with van der Waals surface area (Å²) < 4.78 is 37.0. The Kier molecular flexibility index (Phi) is 4.37. The van der Waals surface area contributed by atoms with Gasteiger partial charge >= 0.3 is 5.97 Å². The largest absolute Gasteiger partial charge is 0.465 e. The maximum atomic E-state index is 13.7. The fraction of sp³-hybridized carbons (Fsp3) is 0.0769. The Morgan fingerprint density at radius 3 is 2.71 bits per heavy atom. The van der Waals surface area contributed by atoms with Crippen LogP contribution in [0.5, 0.6) is 11.6 Å². The molecule has 0 aliphatic heterocycles. The molecule has 0 spiro atoms. The Labute approximate surface area is 126 Å². The second-order valence-corrected chi connectivity index (χ2v) is 4.83. The first-order valence-corrected chi connectivity index (χ1v) is 6.38. The van der Waals surface area contributed by atoms with Gasteiger partial charge in [0.05, 0.1) is 19.0 Å². The Bertz CT molecular complexity index is 710. The minimum absolute atomic E-state index is 0.0997. The maximum absolute atomic E-state index is 13.7. The lowest BCUT2D eigenvalue weighted by Gasteiger charge is -2.10. The molecule has 21 heavy (non-hydrogen) atoms. The van der Waals surface area contributed by atoms with Crippen molar-refractivity contribution in [1.29, 1.82) is 0 Å². The number of methoxy groups -OCH3 is 1. The summed E-state index contributed by atoms with van der Waals surface area (Å²) in [4.78, 5) is 15.4. The Hall–Kier alpha value is -2.22. The minimum Gasteiger partial charge on any atom is -0.465 e. The van der Waals surface area contributed by atoms with Gasteiger partial charge in [0, 0.05) is 4.47 Å². The quantitative estimate of drug-likeness (QED) is 0.673. The number of carbonyl (C=O) groups excluding carboxylic acids is 1. The van der Waals surface area contributed by atoms with Crippen molar-refractivity contribution in [1.82, 2.24) is 4.98 Å². The fourth-order valence-corrected chi connectivity index (χ4v) is 1.93. The molecule has 0 saturated carbocycles. The number of nitrogens with zero attached hydrogens (tertiary/aromatic N) is 1. The molecule has 0 atom stereocenters. The Balaban J connectivity index is 2.47. The third kappa shape index (κ3) is 3.27. The molecular weight excluding hydrogens is 350 g/mol. The van der Waals surface area contributed by atoms with Gasteiger partial charge in [-0.3, -0.25) is 0 Å².